The van der Waals surface area contributed by atoms with Gasteiger partial charge in [0.15, 0.2) is 0 Å². The van der Waals surface area contributed by atoms with E-state index in [0.29, 0.717) is 38.2 Å². The molecular formula is C12H21N5O3. The van der Waals surface area contributed by atoms with Gasteiger partial charge in [0, 0.05) is 13.6 Å². The van der Waals surface area contributed by atoms with E-state index in [1.54, 1.807) is 11.9 Å². The molecule has 1 aliphatic heterocycles. The topological polar surface area (TPSA) is 92.5 Å². The van der Waals surface area contributed by atoms with Crippen LogP contribution in [0.15, 0.2) is 4.42 Å². The standard InChI is InChI=1S/C12H21N5O3/c1-3-4-14-7-10-15-16-12(20-10)17-5-6-19-8-9(17)11(18)13-2/h9,14H,3-8H2,1-2H3,(H,13,18). The second-order valence-electron chi connectivity index (χ2n) is 4.55. The molecule has 0 aliphatic carbocycles. The monoisotopic (exact) mass is 283 g/mol. The van der Waals surface area contributed by atoms with Crippen LogP contribution in [0.1, 0.15) is 19.2 Å². The summed E-state index contributed by atoms with van der Waals surface area (Å²) in [6.07, 6.45) is 1.04. The van der Waals surface area contributed by atoms with Gasteiger partial charge in [0.05, 0.1) is 19.8 Å². The van der Waals surface area contributed by atoms with Crippen LogP contribution in [0.25, 0.3) is 0 Å². The Balaban J connectivity index is 2.02. The van der Waals surface area contributed by atoms with Crippen molar-refractivity contribution in [2.45, 2.75) is 25.9 Å². The van der Waals surface area contributed by atoms with Gasteiger partial charge in [0.1, 0.15) is 6.04 Å². The molecule has 0 aromatic carbocycles. The molecule has 0 saturated carbocycles. The molecule has 1 amide bonds. The van der Waals surface area contributed by atoms with Crippen molar-refractivity contribution in [2.75, 3.05) is 38.3 Å². The molecule has 0 spiro atoms. The van der Waals surface area contributed by atoms with E-state index < -0.39 is 6.04 Å². The Morgan fingerprint density at radius 3 is 3.10 bits per heavy atom. The Labute approximate surface area is 117 Å². The number of aromatic nitrogens is 2. The lowest BCUT2D eigenvalue weighted by Gasteiger charge is -2.32. The van der Waals surface area contributed by atoms with Crippen LogP contribution >= 0.6 is 0 Å². The lowest BCUT2D eigenvalue weighted by molar-refractivity contribution is -0.124. The van der Waals surface area contributed by atoms with Crippen molar-refractivity contribution in [2.24, 2.45) is 0 Å². The van der Waals surface area contributed by atoms with Gasteiger partial charge < -0.3 is 24.7 Å². The molecule has 1 aromatic rings. The van der Waals surface area contributed by atoms with Crippen molar-refractivity contribution in [1.82, 2.24) is 20.8 Å². The molecule has 0 radical (unpaired) electrons. The van der Waals surface area contributed by atoms with Gasteiger partial charge in [-0.1, -0.05) is 12.0 Å². The third kappa shape index (κ3) is 3.45. The molecule has 112 valence electrons. The zero-order chi connectivity index (χ0) is 14.4. The first-order valence-corrected chi connectivity index (χ1v) is 6.85. The Bertz CT molecular complexity index is 436. The summed E-state index contributed by atoms with van der Waals surface area (Å²) in [6, 6.07) is -0.0548. The minimum Gasteiger partial charge on any atom is -0.407 e. The number of nitrogens with one attached hydrogen (secondary N) is 2. The summed E-state index contributed by atoms with van der Waals surface area (Å²) in [7, 11) is 1.60. The van der Waals surface area contributed by atoms with Crippen LogP contribution < -0.4 is 15.5 Å². The first-order chi connectivity index (χ1) is 9.76. The fourth-order valence-electron chi connectivity index (χ4n) is 2.02. The van der Waals surface area contributed by atoms with E-state index in [9.17, 15) is 4.79 Å². The molecule has 2 N–H and O–H groups in total. The second kappa shape index (κ2) is 7.20. The summed E-state index contributed by atoms with van der Waals surface area (Å²) >= 11 is 0. The van der Waals surface area contributed by atoms with Gasteiger partial charge in [-0.2, -0.15) is 0 Å². The molecule has 1 atom stereocenters. The number of rotatable bonds is 6. The van der Waals surface area contributed by atoms with Gasteiger partial charge in [-0.3, -0.25) is 4.79 Å². The average molecular weight is 283 g/mol. The van der Waals surface area contributed by atoms with Crippen molar-refractivity contribution >= 4 is 11.9 Å². The Morgan fingerprint density at radius 1 is 1.50 bits per heavy atom. The van der Waals surface area contributed by atoms with Gasteiger partial charge in [-0.05, 0) is 13.0 Å². The van der Waals surface area contributed by atoms with E-state index in [1.165, 1.54) is 0 Å². The van der Waals surface area contributed by atoms with Gasteiger partial charge >= 0.3 is 6.01 Å². The Morgan fingerprint density at radius 2 is 2.35 bits per heavy atom. The predicted molar refractivity (Wildman–Crippen MR) is 72.3 cm³/mol. The number of ether oxygens (including phenoxy) is 1. The summed E-state index contributed by atoms with van der Waals surface area (Å²) in [5.41, 5.74) is 0. The number of carbonyl (C=O) groups is 1. The fraction of sp³-hybridized carbons (Fsp3) is 0.750. The van der Waals surface area contributed by atoms with Crippen LogP contribution in [0.5, 0.6) is 0 Å². The molecular weight excluding hydrogens is 262 g/mol. The number of nitrogens with zero attached hydrogens (tertiary/aromatic N) is 3. The zero-order valence-corrected chi connectivity index (χ0v) is 11.9. The highest BCUT2D eigenvalue weighted by Gasteiger charge is 2.32. The Kier molecular flexibility index (Phi) is 5.31. The fourth-order valence-corrected chi connectivity index (χ4v) is 2.02. The maximum Gasteiger partial charge on any atom is 0.319 e. The first-order valence-electron chi connectivity index (χ1n) is 6.85. The van der Waals surface area contributed by atoms with E-state index in [4.69, 9.17) is 9.15 Å². The van der Waals surface area contributed by atoms with Crippen LogP contribution in [0, 0.1) is 0 Å². The van der Waals surface area contributed by atoms with Crippen molar-refractivity contribution in [3.8, 4) is 0 Å². The van der Waals surface area contributed by atoms with Gasteiger partial charge in [-0.25, -0.2) is 0 Å². The molecule has 1 fully saturated rings. The van der Waals surface area contributed by atoms with Gasteiger partial charge in [-0.15, -0.1) is 5.10 Å². The Hall–Kier alpha value is -1.67. The van der Waals surface area contributed by atoms with Crippen LogP contribution in [-0.2, 0) is 16.1 Å². The smallest absolute Gasteiger partial charge is 0.319 e. The molecule has 2 rings (SSSR count). The van der Waals surface area contributed by atoms with E-state index in [-0.39, 0.29) is 5.91 Å². The predicted octanol–water partition coefficient (Wildman–Crippen LogP) is -0.480. The SMILES string of the molecule is CCCNCc1nnc(N2CCOCC2C(=O)NC)o1. The van der Waals surface area contributed by atoms with Crippen molar-refractivity contribution in [3.63, 3.8) is 0 Å². The van der Waals surface area contributed by atoms with E-state index >= 15 is 0 Å². The summed E-state index contributed by atoms with van der Waals surface area (Å²) in [6.45, 7) is 4.95. The third-order valence-corrected chi connectivity index (χ3v) is 3.08. The number of likely N-dealkylation sites (N-methyl/N-ethyl adjacent to an activating group) is 1. The van der Waals surface area contributed by atoms with Crippen molar-refractivity contribution < 1.29 is 13.9 Å². The molecule has 8 heteroatoms. The minimum absolute atomic E-state index is 0.117. The van der Waals surface area contributed by atoms with Gasteiger partial charge in [0.25, 0.3) is 0 Å². The molecule has 0 bridgehead atoms. The van der Waals surface area contributed by atoms with E-state index in [0.717, 1.165) is 13.0 Å². The highest BCUT2D eigenvalue weighted by atomic mass is 16.5. The zero-order valence-electron chi connectivity index (χ0n) is 11.9. The lowest BCUT2D eigenvalue weighted by atomic mass is 10.2. The summed E-state index contributed by atoms with van der Waals surface area (Å²) in [4.78, 5) is 13.6. The van der Waals surface area contributed by atoms with E-state index in [2.05, 4.69) is 27.8 Å². The molecule has 1 aromatic heterocycles. The quantitative estimate of drug-likeness (QED) is 0.681. The third-order valence-electron chi connectivity index (χ3n) is 3.08. The molecule has 1 aliphatic rings. The van der Waals surface area contributed by atoms with Crippen LogP contribution in [0.3, 0.4) is 0 Å². The van der Waals surface area contributed by atoms with Crippen molar-refractivity contribution in [1.29, 1.82) is 0 Å². The normalized spacial score (nSPS) is 19.1. The van der Waals surface area contributed by atoms with Gasteiger partial charge in [0.2, 0.25) is 11.8 Å². The highest BCUT2D eigenvalue weighted by Crippen LogP contribution is 2.18. The van der Waals surface area contributed by atoms with Crippen molar-refractivity contribution in [3.05, 3.63) is 5.89 Å². The average Bonchev–Trinajstić information content (AvgIpc) is 2.95. The number of hydrogen-bond donors (Lipinski definition) is 2. The summed E-state index contributed by atoms with van der Waals surface area (Å²) in [5, 5.41) is 13.8. The summed E-state index contributed by atoms with van der Waals surface area (Å²) in [5.74, 6) is 0.407. The number of morpholine rings is 1. The molecule has 20 heavy (non-hydrogen) atoms. The number of anilines is 1. The largest absolute Gasteiger partial charge is 0.407 e. The van der Waals surface area contributed by atoms with Crippen LogP contribution in [0.4, 0.5) is 6.01 Å². The minimum atomic E-state index is -0.425. The maximum absolute atomic E-state index is 11.8. The second-order valence-corrected chi connectivity index (χ2v) is 4.55. The number of hydrogen-bond acceptors (Lipinski definition) is 7. The molecule has 8 nitrogen and oxygen atoms in total. The first kappa shape index (κ1) is 14.7. The summed E-state index contributed by atoms with van der Waals surface area (Å²) < 4.78 is 10.9. The number of carbonyl (C=O) groups excluding carboxylic acids is 1. The van der Waals surface area contributed by atoms with Crippen LogP contribution in [0.2, 0.25) is 0 Å². The molecule has 1 unspecified atom stereocenters. The highest BCUT2D eigenvalue weighted by molar-refractivity contribution is 5.84. The molecule has 1 saturated heterocycles. The van der Waals surface area contributed by atoms with E-state index in [1.807, 2.05) is 0 Å². The number of amides is 1. The van der Waals surface area contributed by atoms with Crippen LogP contribution in [-0.4, -0.2) is 55.5 Å². The molecule has 2 heterocycles. The lowest BCUT2D eigenvalue weighted by Crippen LogP contribution is -2.53. The maximum atomic E-state index is 11.8.